The number of rotatable bonds is 6. The van der Waals surface area contributed by atoms with Crippen molar-refractivity contribution in [2.24, 2.45) is 10.9 Å². The third kappa shape index (κ3) is 7.06. The topological polar surface area (TPSA) is 79.0 Å². The van der Waals surface area contributed by atoms with Crippen LogP contribution >= 0.6 is 24.0 Å². The van der Waals surface area contributed by atoms with Gasteiger partial charge in [0, 0.05) is 64.6 Å². The van der Waals surface area contributed by atoms with Crippen LogP contribution in [0, 0.1) is 5.92 Å². The monoisotopic (exact) mass is 554 g/mol. The van der Waals surface area contributed by atoms with Crippen LogP contribution in [0.1, 0.15) is 43.9 Å². The number of halogens is 1. The van der Waals surface area contributed by atoms with E-state index in [4.69, 9.17) is 9.26 Å². The Labute approximate surface area is 207 Å². The highest BCUT2D eigenvalue weighted by atomic mass is 127. The Kier molecular flexibility index (Phi) is 9.58. The smallest absolute Gasteiger partial charge is 0.213 e. The first-order valence-electron chi connectivity index (χ1n) is 11.4. The number of hydrogen-bond acceptors (Lipinski definition) is 6. The molecule has 32 heavy (non-hydrogen) atoms. The Bertz CT molecular complexity index is 831. The number of guanidine groups is 1. The van der Waals surface area contributed by atoms with E-state index in [1.165, 1.54) is 12.8 Å². The molecule has 0 radical (unpaired) electrons. The Morgan fingerprint density at radius 3 is 2.66 bits per heavy atom. The fraction of sp³-hybridized carbons (Fsp3) is 0.609. The van der Waals surface area contributed by atoms with Crippen LogP contribution in [0.5, 0.6) is 5.88 Å². The minimum Gasteiger partial charge on any atom is -0.474 e. The van der Waals surface area contributed by atoms with Gasteiger partial charge in [0.05, 0.1) is 5.69 Å². The molecule has 0 spiro atoms. The molecule has 176 valence electrons. The third-order valence-electron chi connectivity index (χ3n) is 6.26. The van der Waals surface area contributed by atoms with E-state index in [9.17, 15) is 0 Å². The number of aliphatic imine (C=N–C) groups is 1. The summed E-state index contributed by atoms with van der Waals surface area (Å²) in [7, 11) is 1.84. The SMILES string of the molecule is CN=C(NCc1ccnc(OC2CCC(C)CC2)c1)N1CCN(Cc2ccon2)CC1.I. The Morgan fingerprint density at radius 2 is 1.97 bits per heavy atom. The number of ether oxygens (including phenoxy) is 1. The first-order valence-corrected chi connectivity index (χ1v) is 11.4. The van der Waals surface area contributed by atoms with Crippen molar-refractivity contribution < 1.29 is 9.26 Å². The summed E-state index contributed by atoms with van der Waals surface area (Å²) in [6, 6.07) is 6.01. The molecule has 0 atom stereocenters. The van der Waals surface area contributed by atoms with Gasteiger partial charge in [-0.25, -0.2) is 4.98 Å². The molecule has 3 heterocycles. The van der Waals surface area contributed by atoms with Gasteiger partial charge in [-0.1, -0.05) is 12.1 Å². The highest BCUT2D eigenvalue weighted by molar-refractivity contribution is 14.0. The molecule has 1 aliphatic heterocycles. The van der Waals surface area contributed by atoms with Gasteiger partial charge in [0.2, 0.25) is 5.88 Å². The van der Waals surface area contributed by atoms with E-state index in [-0.39, 0.29) is 24.0 Å². The van der Waals surface area contributed by atoms with Crippen LogP contribution in [0.15, 0.2) is 40.2 Å². The molecule has 0 unspecified atom stereocenters. The number of pyridine rings is 1. The fourth-order valence-corrected chi connectivity index (χ4v) is 4.32. The molecule has 2 aromatic rings. The minimum atomic E-state index is 0. The second-order valence-electron chi connectivity index (χ2n) is 8.66. The van der Waals surface area contributed by atoms with E-state index in [0.29, 0.717) is 12.6 Å². The van der Waals surface area contributed by atoms with E-state index in [1.807, 2.05) is 31.4 Å². The Hall–Kier alpha value is -1.88. The van der Waals surface area contributed by atoms with Crippen molar-refractivity contribution in [2.75, 3.05) is 33.2 Å². The molecule has 0 bridgehead atoms. The van der Waals surface area contributed by atoms with Crippen LogP contribution in [-0.4, -0.2) is 65.2 Å². The molecule has 1 saturated heterocycles. The lowest BCUT2D eigenvalue weighted by atomic mass is 9.89. The van der Waals surface area contributed by atoms with Crippen LogP contribution < -0.4 is 10.1 Å². The van der Waals surface area contributed by atoms with E-state index in [2.05, 4.69) is 37.2 Å². The molecule has 8 nitrogen and oxygen atoms in total. The average molecular weight is 554 g/mol. The van der Waals surface area contributed by atoms with Gasteiger partial charge in [-0.05, 0) is 43.2 Å². The molecule has 0 amide bonds. The summed E-state index contributed by atoms with van der Waals surface area (Å²) >= 11 is 0. The lowest BCUT2D eigenvalue weighted by Crippen LogP contribution is -2.52. The Balaban J connectivity index is 0.00000289. The maximum Gasteiger partial charge on any atom is 0.213 e. The summed E-state index contributed by atoms with van der Waals surface area (Å²) in [6.07, 6.45) is 8.50. The maximum atomic E-state index is 6.15. The van der Waals surface area contributed by atoms with E-state index < -0.39 is 0 Å². The van der Waals surface area contributed by atoms with Crippen LogP contribution in [0.25, 0.3) is 0 Å². The zero-order valence-electron chi connectivity index (χ0n) is 19.1. The summed E-state index contributed by atoms with van der Waals surface area (Å²) in [4.78, 5) is 13.6. The molecule has 4 rings (SSSR count). The molecule has 0 aromatic carbocycles. The molecule has 2 fully saturated rings. The van der Waals surface area contributed by atoms with Crippen molar-refractivity contribution in [1.82, 2.24) is 25.3 Å². The van der Waals surface area contributed by atoms with Gasteiger partial charge in [-0.3, -0.25) is 9.89 Å². The second kappa shape index (κ2) is 12.4. The molecule has 1 N–H and O–H groups in total. The van der Waals surface area contributed by atoms with E-state index in [0.717, 1.165) is 74.6 Å². The molecule has 1 aliphatic carbocycles. The molecule has 2 aromatic heterocycles. The quantitative estimate of drug-likeness (QED) is 0.333. The van der Waals surface area contributed by atoms with Crippen molar-refractivity contribution in [3.63, 3.8) is 0 Å². The normalized spacial score (nSPS) is 22.3. The molecule has 9 heteroatoms. The van der Waals surface area contributed by atoms with Gasteiger partial charge in [0.15, 0.2) is 5.96 Å². The zero-order valence-corrected chi connectivity index (χ0v) is 21.4. The largest absolute Gasteiger partial charge is 0.474 e. The number of nitrogens with zero attached hydrogens (tertiary/aromatic N) is 5. The number of hydrogen-bond donors (Lipinski definition) is 1. The van der Waals surface area contributed by atoms with Crippen molar-refractivity contribution in [2.45, 2.75) is 51.8 Å². The first-order chi connectivity index (χ1) is 15.2. The van der Waals surface area contributed by atoms with Gasteiger partial charge in [-0.2, -0.15) is 0 Å². The standard InChI is InChI=1S/C23H34N6O2.HI/c1-18-3-5-21(6-4-18)31-22-15-19(7-9-25-22)16-26-23(24-2)29-12-10-28(11-13-29)17-20-8-14-30-27-20;/h7-9,14-15,18,21H,3-6,10-13,16-17H2,1-2H3,(H,24,26);1H. The lowest BCUT2D eigenvalue weighted by Gasteiger charge is -2.36. The van der Waals surface area contributed by atoms with Gasteiger partial charge in [-0.15, -0.1) is 24.0 Å². The highest BCUT2D eigenvalue weighted by Crippen LogP contribution is 2.26. The highest BCUT2D eigenvalue weighted by Gasteiger charge is 2.21. The fourth-order valence-electron chi connectivity index (χ4n) is 4.32. The summed E-state index contributed by atoms with van der Waals surface area (Å²) in [5.41, 5.74) is 2.13. The summed E-state index contributed by atoms with van der Waals surface area (Å²) in [5, 5.41) is 7.51. The molecular formula is C23H35IN6O2. The Morgan fingerprint density at radius 1 is 1.19 bits per heavy atom. The summed E-state index contributed by atoms with van der Waals surface area (Å²) in [6.45, 7) is 7.67. The molecule has 2 aliphatic rings. The first kappa shape index (κ1) is 24.8. The van der Waals surface area contributed by atoms with Crippen LogP contribution in [0.2, 0.25) is 0 Å². The minimum absolute atomic E-state index is 0. The van der Waals surface area contributed by atoms with Gasteiger partial charge >= 0.3 is 0 Å². The second-order valence-corrected chi connectivity index (χ2v) is 8.66. The maximum absolute atomic E-state index is 6.15. The number of piperazine rings is 1. The van der Waals surface area contributed by atoms with Crippen molar-refractivity contribution in [3.05, 3.63) is 41.9 Å². The number of aromatic nitrogens is 2. The zero-order chi connectivity index (χ0) is 21.5. The van der Waals surface area contributed by atoms with Crippen molar-refractivity contribution in [3.8, 4) is 5.88 Å². The van der Waals surface area contributed by atoms with E-state index in [1.54, 1.807) is 6.26 Å². The summed E-state index contributed by atoms with van der Waals surface area (Å²) < 4.78 is 11.1. The van der Waals surface area contributed by atoms with Crippen molar-refractivity contribution in [1.29, 1.82) is 0 Å². The van der Waals surface area contributed by atoms with Crippen molar-refractivity contribution >= 4 is 29.9 Å². The predicted molar refractivity (Wildman–Crippen MR) is 135 cm³/mol. The predicted octanol–water partition coefficient (Wildman–Crippen LogP) is 3.54. The van der Waals surface area contributed by atoms with Crippen LogP contribution in [0.3, 0.4) is 0 Å². The van der Waals surface area contributed by atoms with Crippen LogP contribution in [-0.2, 0) is 13.1 Å². The average Bonchev–Trinajstić information content (AvgIpc) is 3.30. The van der Waals surface area contributed by atoms with Gasteiger partial charge in [0.1, 0.15) is 12.4 Å². The molecular weight excluding hydrogens is 519 g/mol. The van der Waals surface area contributed by atoms with Gasteiger partial charge in [0.25, 0.3) is 0 Å². The summed E-state index contributed by atoms with van der Waals surface area (Å²) in [5.74, 6) is 2.48. The number of nitrogens with one attached hydrogen (secondary N) is 1. The van der Waals surface area contributed by atoms with Gasteiger partial charge < -0.3 is 19.5 Å². The van der Waals surface area contributed by atoms with E-state index >= 15 is 0 Å². The lowest BCUT2D eigenvalue weighted by molar-refractivity contribution is 0.130. The van der Waals surface area contributed by atoms with Crippen LogP contribution in [0.4, 0.5) is 0 Å². The molecule has 1 saturated carbocycles. The third-order valence-corrected chi connectivity index (χ3v) is 6.26.